The predicted molar refractivity (Wildman–Crippen MR) is 68.6 cm³/mol. The molecule has 0 bridgehead atoms. The molecule has 1 saturated heterocycles. The van der Waals surface area contributed by atoms with Gasteiger partial charge in [0.2, 0.25) is 5.91 Å². The van der Waals surface area contributed by atoms with Gasteiger partial charge in [0.15, 0.2) is 0 Å². The smallest absolute Gasteiger partial charge is 0.255 e. The van der Waals surface area contributed by atoms with Crippen molar-refractivity contribution in [2.75, 3.05) is 20.1 Å². The first-order valence-corrected chi connectivity index (χ1v) is 6.26. The maximum Gasteiger partial charge on any atom is 0.255 e. The van der Waals surface area contributed by atoms with Crippen LogP contribution in [0, 0.1) is 5.92 Å². The van der Waals surface area contributed by atoms with Crippen LogP contribution in [0.2, 0.25) is 0 Å². The molecule has 1 aliphatic rings. The highest BCUT2D eigenvalue weighted by Gasteiger charge is 2.27. The minimum atomic E-state index is -0.154. The van der Waals surface area contributed by atoms with E-state index in [2.05, 4.69) is 10.3 Å². The van der Waals surface area contributed by atoms with Crippen molar-refractivity contribution in [3.63, 3.8) is 0 Å². The molecule has 2 heterocycles. The summed E-state index contributed by atoms with van der Waals surface area (Å²) in [7, 11) is 1.62. The molecule has 0 spiro atoms. The van der Waals surface area contributed by atoms with Crippen molar-refractivity contribution >= 4 is 11.8 Å². The number of likely N-dealkylation sites (tertiary alicyclic amines) is 1. The number of rotatable bonds is 2. The number of hydrogen-bond donors (Lipinski definition) is 2. The Hall–Kier alpha value is -2.11. The molecule has 19 heavy (non-hydrogen) atoms. The molecule has 6 heteroatoms. The van der Waals surface area contributed by atoms with E-state index in [-0.39, 0.29) is 23.5 Å². The lowest BCUT2D eigenvalue weighted by Crippen LogP contribution is -2.42. The van der Waals surface area contributed by atoms with E-state index in [4.69, 9.17) is 0 Å². The van der Waals surface area contributed by atoms with Crippen molar-refractivity contribution in [3.05, 3.63) is 24.0 Å². The molecule has 0 unspecified atom stereocenters. The first kappa shape index (κ1) is 13.3. The number of carbonyl (C=O) groups is 2. The van der Waals surface area contributed by atoms with Crippen LogP contribution >= 0.6 is 0 Å². The molecule has 1 aromatic heterocycles. The number of nitrogens with one attached hydrogen (secondary N) is 1. The van der Waals surface area contributed by atoms with Crippen molar-refractivity contribution in [2.24, 2.45) is 5.92 Å². The van der Waals surface area contributed by atoms with E-state index in [1.54, 1.807) is 11.9 Å². The fourth-order valence-electron chi connectivity index (χ4n) is 2.28. The van der Waals surface area contributed by atoms with Gasteiger partial charge < -0.3 is 15.3 Å². The van der Waals surface area contributed by atoms with Gasteiger partial charge in [0.25, 0.3) is 5.91 Å². The number of aromatic nitrogens is 1. The Bertz CT molecular complexity index is 482. The summed E-state index contributed by atoms with van der Waals surface area (Å²) in [5.41, 5.74) is 0.374. The van der Waals surface area contributed by atoms with Crippen molar-refractivity contribution < 1.29 is 14.7 Å². The van der Waals surface area contributed by atoms with Crippen LogP contribution in [0.3, 0.4) is 0 Å². The van der Waals surface area contributed by atoms with E-state index < -0.39 is 0 Å². The molecule has 102 valence electrons. The average molecular weight is 263 g/mol. The van der Waals surface area contributed by atoms with E-state index in [0.717, 1.165) is 0 Å². The van der Waals surface area contributed by atoms with E-state index in [1.807, 2.05) is 0 Å². The lowest BCUT2D eigenvalue weighted by molar-refractivity contribution is -0.125. The molecule has 2 rings (SSSR count). The second kappa shape index (κ2) is 5.69. The molecule has 6 nitrogen and oxygen atoms in total. The zero-order chi connectivity index (χ0) is 13.8. The fraction of sp³-hybridized carbons (Fsp3) is 0.462. The zero-order valence-electron chi connectivity index (χ0n) is 10.8. The molecule has 0 saturated carbocycles. The van der Waals surface area contributed by atoms with Crippen molar-refractivity contribution in [1.29, 1.82) is 0 Å². The summed E-state index contributed by atoms with van der Waals surface area (Å²) in [6.07, 6.45) is 4.05. The first-order chi connectivity index (χ1) is 9.11. The molecule has 0 radical (unpaired) electrons. The second-order valence-corrected chi connectivity index (χ2v) is 4.61. The van der Waals surface area contributed by atoms with E-state index >= 15 is 0 Å². The predicted octanol–water partition coefficient (Wildman–Crippen LogP) is 0.385. The molecule has 2 N–H and O–H groups in total. The van der Waals surface area contributed by atoms with Gasteiger partial charge in [-0.25, -0.2) is 0 Å². The highest BCUT2D eigenvalue weighted by Crippen LogP contribution is 2.20. The van der Waals surface area contributed by atoms with Gasteiger partial charge in [-0.1, -0.05) is 0 Å². The van der Waals surface area contributed by atoms with Gasteiger partial charge in [-0.15, -0.1) is 0 Å². The van der Waals surface area contributed by atoms with Gasteiger partial charge in [0.1, 0.15) is 5.75 Å². The number of piperidine rings is 1. The van der Waals surface area contributed by atoms with Gasteiger partial charge in [0.05, 0.1) is 11.8 Å². The van der Waals surface area contributed by atoms with E-state index in [0.29, 0.717) is 31.5 Å². The van der Waals surface area contributed by atoms with Gasteiger partial charge in [-0.05, 0) is 18.9 Å². The number of pyridine rings is 1. The fourth-order valence-corrected chi connectivity index (χ4v) is 2.28. The maximum absolute atomic E-state index is 12.2. The van der Waals surface area contributed by atoms with Crippen molar-refractivity contribution in [1.82, 2.24) is 15.2 Å². The molecule has 0 aromatic carbocycles. The molecule has 1 aromatic rings. The lowest BCUT2D eigenvalue weighted by Gasteiger charge is -2.31. The number of hydrogen-bond acceptors (Lipinski definition) is 4. The number of carbonyl (C=O) groups excluding carboxylic acids is 2. The van der Waals surface area contributed by atoms with Crippen LogP contribution < -0.4 is 5.32 Å². The van der Waals surface area contributed by atoms with Crippen molar-refractivity contribution in [2.45, 2.75) is 12.8 Å². The molecule has 1 aliphatic heterocycles. The monoisotopic (exact) mass is 263 g/mol. The van der Waals surface area contributed by atoms with Gasteiger partial charge >= 0.3 is 0 Å². The van der Waals surface area contributed by atoms with Crippen LogP contribution in [0.1, 0.15) is 23.2 Å². The second-order valence-electron chi connectivity index (χ2n) is 4.61. The van der Waals surface area contributed by atoms with Crippen molar-refractivity contribution in [3.8, 4) is 5.75 Å². The summed E-state index contributed by atoms with van der Waals surface area (Å²) < 4.78 is 0. The average Bonchev–Trinajstić information content (AvgIpc) is 2.46. The number of amides is 2. The lowest BCUT2D eigenvalue weighted by atomic mass is 9.95. The minimum Gasteiger partial charge on any atom is -0.506 e. The van der Waals surface area contributed by atoms with Crippen LogP contribution in [0.15, 0.2) is 18.5 Å². The Morgan fingerprint density at radius 2 is 2.05 bits per heavy atom. The molecular weight excluding hydrogens is 246 g/mol. The zero-order valence-corrected chi connectivity index (χ0v) is 10.8. The SMILES string of the molecule is CNC(=O)C1CCN(C(=O)c2cncc(O)c2)CC1. The normalized spacial score (nSPS) is 16.2. The standard InChI is InChI=1S/C13H17N3O3/c1-14-12(18)9-2-4-16(5-3-9)13(19)10-6-11(17)8-15-7-10/h6-9,17H,2-5H2,1H3,(H,14,18). The number of aromatic hydroxyl groups is 1. The Labute approximate surface area is 111 Å². The Balaban J connectivity index is 1.98. The van der Waals surface area contributed by atoms with E-state index in [1.165, 1.54) is 18.5 Å². The third-order valence-corrected chi connectivity index (χ3v) is 3.37. The molecule has 2 amide bonds. The summed E-state index contributed by atoms with van der Waals surface area (Å²) in [5, 5.41) is 12.0. The largest absolute Gasteiger partial charge is 0.506 e. The Morgan fingerprint density at radius 3 is 2.63 bits per heavy atom. The van der Waals surface area contributed by atoms with E-state index in [9.17, 15) is 14.7 Å². The van der Waals surface area contributed by atoms with Crippen LogP contribution in [-0.4, -0.2) is 46.9 Å². The molecule has 1 fully saturated rings. The summed E-state index contributed by atoms with van der Waals surface area (Å²) in [4.78, 5) is 29.2. The highest BCUT2D eigenvalue weighted by atomic mass is 16.3. The molecule has 0 atom stereocenters. The summed E-state index contributed by atoms with van der Waals surface area (Å²) >= 11 is 0. The topological polar surface area (TPSA) is 82.5 Å². The van der Waals surface area contributed by atoms with Crippen LogP contribution in [0.5, 0.6) is 5.75 Å². The summed E-state index contributed by atoms with van der Waals surface area (Å²) in [5.74, 6) is -0.160. The Kier molecular flexibility index (Phi) is 3.99. The number of nitrogens with zero attached hydrogens (tertiary/aromatic N) is 2. The van der Waals surface area contributed by atoms with Crippen LogP contribution in [-0.2, 0) is 4.79 Å². The third kappa shape index (κ3) is 3.01. The van der Waals surface area contributed by atoms with Gasteiger partial charge in [-0.3, -0.25) is 14.6 Å². The first-order valence-electron chi connectivity index (χ1n) is 6.26. The minimum absolute atomic E-state index is 0.0173. The van der Waals surface area contributed by atoms with Crippen LogP contribution in [0.25, 0.3) is 0 Å². The van der Waals surface area contributed by atoms with Crippen LogP contribution in [0.4, 0.5) is 0 Å². The van der Waals surface area contributed by atoms with Gasteiger partial charge in [0, 0.05) is 32.3 Å². The Morgan fingerprint density at radius 1 is 1.37 bits per heavy atom. The molecule has 0 aliphatic carbocycles. The highest BCUT2D eigenvalue weighted by molar-refractivity contribution is 5.94. The quantitative estimate of drug-likeness (QED) is 0.808. The summed E-state index contributed by atoms with van der Waals surface area (Å²) in [6, 6.07) is 1.40. The summed E-state index contributed by atoms with van der Waals surface area (Å²) in [6.45, 7) is 1.10. The molecular formula is C13H17N3O3. The third-order valence-electron chi connectivity index (χ3n) is 3.37. The maximum atomic E-state index is 12.2. The van der Waals surface area contributed by atoms with Gasteiger partial charge in [-0.2, -0.15) is 0 Å².